The van der Waals surface area contributed by atoms with Gasteiger partial charge in [0.05, 0.1) is 28.6 Å². The lowest BCUT2D eigenvalue weighted by atomic mass is 10.2. The third kappa shape index (κ3) is 3.58. The maximum Gasteiger partial charge on any atom is 0.259 e. The van der Waals surface area contributed by atoms with Gasteiger partial charge in [0.15, 0.2) is 0 Å². The fourth-order valence-corrected chi connectivity index (χ4v) is 2.27. The number of hydrogen-bond donors (Lipinski definition) is 2. The maximum atomic E-state index is 12.3. The van der Waals surface area contributed by atoms with Crippen molar-refractivity contribution in [1.82, 2.24) is 4.98 Å². The molecular weight excluding hydrogens is 332 g/mol. The topological polar surface area (TPSA) is 77.8 Å². The molecule has 0 bridgehead atoms. The molecule has 0 aliphatic rings. The molecule has 5 nitrogen and oxygen atoms in total. The van der Waals surface area contributed by atoms with Gasteiger partial charge in [-0.1, -0.05) is 0 Å². The smallest absolute Gasteiger partial charge is 0.259 e. The largest absolute Gasteiger partial charge is 0.385 e. The quantitative estimate of drug-likeness (QED) is 0.890. The van der Waals surface area contributed by atoms with Crippen molar-refractivity contribution >= 4 is 33.2 Å². The van der Waals surface area contributed by atoms with E-state index in [1.54, 1.807) is 30.5 Å². The average Bonchev–Trinajstić information content (AvgIpc) is 2.50. The minimum absolute atomic E-state index is 0.260. The van der Waals surface area contributed by atoms with Crippen molar-refractivity contribution in [3.8, 4) is 6.07 Å². The van der Waals surface area contributed by atoms with Gasteiger partial charge in [0.25, 0.3) is 5.91 Å². The van der Waals surface area contributed by atoms with Gasteiger partial charge in [-0.05, 0) is 47.1 Å². The summed E-state index contributed by atoms with van der Waals surface area (Å²) in [5.41, 5.74) is 2.32. The van der Waals surface area contributed by atoms with Crippen LogP contribution in [0.3, 0.4) is 0 Å². The van der Waals surface area contributed by atoms with Crippen LogP contribution < -0.4 is 10.6 Å². The molecule has 2 aromatic rings. The normalized spacial score (nSPS) is 9.76. The van der Waals surface area contributed by atoms with Crippen LogP contribution in [0, 0.1) is 11.3 Å². The molecule has 1 aromatic heterocycles. The number of nitriles is 1. The van der Waals surface area contributed by atoms with Crippen LogP contribution in [0.1, 0.15) is 22.8 Å². The number of aromatic nitrogens is 1. The number of carbonyl (C=O) groups excluding carboxylic acids is 1. The number of halogens is 1. The Morgan fingerprint density at radius 3 is 2.86 bits per heavy atom. The summed E-state index contributed by atoms with van der Waals surface area (Å²) in [4.78, 5) is 16.3. The van der Waals surface area contributed by atoms with Crippen LogP contribution in [0.2, 0.25) is 0 Å². The van der Waals surface area contributed by atoms with Crippen molar-refractivity contribution in [2.75, 3.05) is 17.2 Å². The van der Waals surface area contributed by atoms with Crippen molar-refractivity contribution in [2.24, 2.45) is 0 Å². The van der Waals surface area contributed by atoms with E-state index in [0.717, 1.165) is 5.69 Å². The van der Waals surface area contributed by atoms with E-state index in [4.69, 9.17) is 5.26 Å². The summed E-state index contributed by atoms with van der Waals surface area (Å²) >= 11 is 3.34. The number of nitrogens with zero attached hydrogens (tertiary/aromatic N) is 2. The summed E-state index contributed by atoms with van der Waals surface area (Å²) in [5.74, 6) is -0.260. The van der Waals surface area contributed by atoms with Crippen molar-refractivity contribution in [1.29, 1.82) is 5.26 Å². The molecule has 0 fully saturated rings. The Kier molecular flexibility index (Phi) is 4.90. The fraction of sp³-hybridized carbons (Fsp3) is 0.133. The van der Waals surface area contributed by atoms with Crippen LogP contribution in [-0.2, 0) is 0 Å². The highest BCUT2D eigenvalue weighted by atomic mass is 79.9. The molecule has 2 rings (SSSR count). The van der Waals surface area contributed by atoms with Gasteiger partial charge in [-0.25, -0.2) is 0 Å². The molecule has 0 spiro atoms. The SMILES string of the molecule is CCNc1ccncc1C(=O)Nc1ccc(C#N)cc1Br. The van der Waals surface area contributed by atoms with Gasteiger partial charge in [-0.2, -0.15) is 5.26 Å². The molecule has 2 N–H and O–H groups in total. The van der Waals surface area contributed by atoms with E-state index in [9.17, 15) is 4.79 Å². The van der Waals surface area contributed by atoms with Gasteiger partial charge >= 0.3 is 0 Å². The van der Waals surface area contributed by atoms with Gasteiger partial charge in [-0.3, -0.25) is 9.78 Å². The summed E-state index contributed by atoms with van der Waals surface area (Å²) < 4.78 is 0.656. The lowest BCUT2D eigenvalue weighted by molar-refractivity contribution is 0.102. The lowest BCUT2D eigenvalue weighted by Gasteiger charge is -2.11. The standard InChI is InChI=1S/C15H13BrN4O/c1-2-19-13-5-6-18-9-11(13)15(21)20-14-4-3-10(8-17)7-12(14)16/h3-7,9H,2H2,1H3,(H,18,19)(H,20,21). The third-order valence-corrected chi connectivity index (χ3v) is 3.44. The Morgan fingerprint density at radius 2 is 2.19 bits per heavy atom. The molecule has 21 heavy (non-hydrogen) atoms. The number of hydrogen-bond acceptors (Lipinski definition) is 4. The first kappa shape index (κ1) is 15.0. The monoisotopic (exact) mass is 344 g/mol. The van der Waals surface area contributed by atoms with E-state index in [-0.39, 0.29) is 5.91 Å². The Morgan fingerprint density at radius 1 is 1.38 bits per heavy atom. The van der Waals surface area contributed by atoms with Crippen molar-refractivity contribution in [2.45, 2.75) is 6.92 Å². The van der Waals surface area contributed by atoms with E-state index in [1.807, 2.05) is 13.0 Å². The number of pyridine rings is 1. The Labute approximate surface area is 131 Å². The summed E-state index contributed by atoms with van der Waals surface area (Å²) in [7, 11) is 0. The van der Waals surface area contributed by atoms with E-state index >= 15 is 0 Å². The van der Waals surface area contributed by atoms with Crippen LogP contribution in [0.15, 0.2) is 41.1 Å². The second kappa shape index (κ2) is 6.86. The second-order valence-electron chi connectivity index (χ2n) is 4.21. The zero-order chi connectivity index (χ0) is 15.2. The summed E-state index contributed by atoms with van der Waals surface area (Å²) in [6.45, 7) is 2.67. The number of carbonyl (C=O) groups is 1. The molecule has 106 valence electrons. The zero-order valence-corrected chi connectivity index (χ0v) is 12.9. The molecule has 0 saturated heterocycles. The summed E-state index contributed by atoms with van der Waals surface area (Å²) in [6, 6.07) is 8.79. The minimum atomic E-state index is -0.260. The summed E-state index contributed by atoms with van der Waals surface area (Å²) in [5, 5.41) is 14.8. The molecule has 0 saturated carbocycles. The van der Waals surface area contributed by atoms with Crippen molar-refractivity contribution < 1.29 is 4.79 Å². The molecule has 1 amide bonds. The Balaban J connectivity index is 2.24. The number of benzene rings is 1. The molecule has 0 atom stereocenters. The van der Waals surface area contributed by atoms with Gasteiger partial charge in [0.2, 0.25) is 0 Å². The first-order valence-electron chi connectivity index (χ1n) is 6.34. The van der Waals surface area contributed by atoms with Crippen molar-refractivity contribution in [3.05, 3.63) is 52.3 Å². The molecule has 1 aromatic carbocycles. The predicted octanol–water partition coefficient (Wildman–Crippen LogP) is 3.40. The van der Waals surface area contributed by atoms with Crippen LogP contribution >= 0.6 is 15.9 Å². The summed E-state index contributed by atoms with van der Waals surface area (Å²) in [6.07, 6.45) is 3.15. The fourth-order valence-electron chi connectivity index (χ4n) is 1.80. The molecule has 0 aliphatic carbocycles. The highest BCUT2D eigenvalue weighted by Gasteiger charge is 2.13. The zero-order valence-electron chi connectivity index (χ0n) is 11.4. The van der Waals surface area contributed by atoms with Gasteiger partial charge in [0.1, 0.15) is 0 Å². The minimum Gasteiger partial charge on any atom is -0.385 e. The number of anilines is 2. The lowest BCUT2D eigenvalue weighted by Crippen LogP contribution is -2.15. The van der Waals surface area contributed by atoms with Gasteiger partial charge in [0, 0.05) is 23.4 Å². The second-order valence-corrected chi connectivity index (χ2v) is 5.07. The molecule has 1 heterocycles. The number of rotatable bonds is 4. The van der Waals surface area contributed by atoms with Crippen LogP contribution in [0.5, 0.6) is 0 Å². The van der Waals surface area contributed by atoms with Crippen LogP contribution in [0.25, 0.3) is 0 Å². The third-order valence-electron chi connectivity index (χ3n) is 2.78. The predicted molar refractivity (Wildman–Crippen MR) is 85.2 cm³/mol. The van der Waals surface area contributed by atoms with Crippen LogP contribution in [0.4, 0.5) is 11.4 Å². The Hall–Kier alpha value is -2.39. The van der Waals surface area contributed by atoms with Crippen LogP contribution in [-0.4, -0.2) is 17.4 Å². The first-order chi connectivity index (χ1) is 10.2. The highest BCUT2D eigenvalue weighted by Crippen LogP contribution is 2.25. The van der Waals surface area contributed by atoms with Gasteiger partial charge < -0.3 is 10.6 Å². The first-order valence-corrected chi connectivity index (χ1v) is 7.14. The van der Waals surface area contributed by atoms with E-state index < -0.39 is 0 Å². The van der Waals surface area contributed by atoms with Crippen molar-refractivity contribution in [3.63, 3.8) is 0 Å². The molecule has 0 unspecified atom stereocenters. The molecular formula is C15H13BrN4O. The van der Waals surface area contributed by atoms with E-state index in [1.165, 1.54) is 6.20 Å². The molecule has 0 aliphatic heterocycles. The molecule has 0 radical (unpaired) electrons. The average molecular weight is 345 g/mol. The Bertz CT molecular complexity index is 709. The van der Waals surface area contributed by atoms with E-state index in [0.29, 0.717) is 27.8 Å². The number of amides is 1. The maximum absolute atomic E-state index is 12.3. The van der Waals surface area contributed by atoms with Gasteiger partial charge in [-0.15, -0.1) is 0 Å². The number of nitrogens with one attached hydrogen (secondary N) is 2. The highest BCUT2D eigenvalue weighted by molar-refractivity contribution is 9.10. The molecule has 6 heteroatoms. The van der Waals surface area contributed by atoms with E-state index in [2.05, 4.69) is 31.5 Å².